The Balaban J connectivity index is 1.88. The number of sulfone groups is 1. The lowest BCUT2D eigenvalue weighted by atomic mass is 10.1. The Kier molecular flexibility index (Phi) is 7.11. The van der Waals surface area contributed by atoms with Crippen LogP contribution in [0, 0.1) is 18.3 Å². The van der Waals surface area contributed by atoms with Crippen molar-refractivity contribution in [3.05, 3.63) is 94.4 Å². The second kappa shape index (κ2) is 9.96. The Morgan fingerprint density at radius 3 is 2.32 bits per heavy atom. The van der Waals surface area contributed by atoms with Crippen LogP contribution in [0.4, 0.5) is 0 Å². The Labute approximate surface area is 183 Å². The highest BCUT2D eigenvalue weighted by Gasteiger charge is 2.20. The number of ether oxygens (including phenoxy) is 2. The minimum absolute atomic E-state index is 0.0749. The van der Waals surface area contributed by atoms with Gasteiger partial charge in [0, 0.05) is 0 Å². The highest BCUT2D eigenvalue weighted by Crippen LogP contribution is 2.31. The Morgan fingerprint density at radius 1 is 0.968 bits per heavy atom. The van der Waals surface area contributed by atoms with Gasteiger partial charge in [-0.05, 0) is 55.3 Å². The highest BCUT2D eigenvalue weighted by molar-refractivity contribution is 7.95. The molecule has 0 amide bonds. The van der Waals surface area contributed by atoms with Gasteiger partial charge in [0.2, 0.25) is 9.84 Å². The molecule has 3 aromatic carbocycles. The summed E-state index contributed by atoms with van der Waals surface area (Å²) in [4.78, 5) is -0.264. The van der Waals surface area contributed by atoms with Gasteiger partial charge in [-0.1, -0.05) is 54.1 Å². The first-order valence-corrected chi connectivity index (χ1v) is 11.3. The summed E-state index contributed by atoms with van der Waals surface area (Å²) in [6, 6.07) is 22.8. The zero-order chi connectivity index (χ0) is 22.3. The molecule has 0 atom stereocenters. The van der Waals surface area contributed by atoms with Crippen LogP contribution in [-0.2, 0) is 16.4 Å². The molecule has 5 nitrogen and oxygen atoms in total. The van der Waals surface area contributed by atoms with E-state index in [4.69, 9.17) is 9.47 Å². The largest absolute Gasteiger partial charge is 0.490 e. The molecule has 3 aromatic rings. The normalized spacial score (nSPS) is 11.6. The van der Waals surface area contributed by atoms with Gasteiger partial charge >= 0.3 is 0 Å². The quantitative estimate of drug-likeness (QED) is 0.450. The molecular formula is C25H23NO4S. The first kappa shape index (κ1) is 22.1. The standard InChI is InChI=1S/C25H23NO4S/c1-3-29-25-16-21(13-14-24(25)30-18-20-11-9-19(2)10-12-20)15-23(17-26)31(27,28)22-7-5-4-6-8-22/h4-16H,3,18H2,1-2H3/b23-15-. The van der Waals surface area contributed by atoms with Gasteiger partial charge < -0.3 is 9.47 Å². The minimum atomic E-state index is -3.91. The molecule has 0 spiro atoms. The topological polar surface area (TPSA) is 76.4 Å². The SMILES string of the molecule is CCOc1cc(/C=C(/C#N)S(=O)(=O)c2ccccc2)ccc1OCc1ccc(C)cc1. The van der Waals surface area contributed by atoms with Crippen LogP contribution in [0.3, 0.4) is 0 Å². The summed E-state index contributed by atoms with van der Waals surface area (Å²) in [6.07, 6.45) is 1.34. The molecule has 31 heavy (non-hydrogen) atoms. The summed E-state index contributed by atoms with van der Waals surface area (Å²) in [5, 5.41) is 9.49. The van der Waals surface area contributed by atoms with Crippen LogP contribution >= 0.6 is 0 Å². The molecule has 3 rings (SSSR count). The van der Waals surface area contributed by atoms with E-state index in [1.807, 2.05) is 44.2 Å². The van der Waals surface area contributed by atoms with E-state index in [0.717, 1.165) is 5.56 Å². The van der Waals surface area contributed by atoms with Crippen molar-refractivity contribution in [3.8, 4) is 17.6 Å². The molecule has 0 aliphatic heterocycles. The summed E-state index contributed by atoms with van der Waals surface area (Å²) < 4.78 is 37.2. The van der Waals surface area contributed by atoms with E-state index in [9.17, 15) is 13.7 Å². The van der Waals surface area contributed by atoms with E-state index in [-0.39, 0.29) is 9.80 Å². The van der Waals surface area contributed by atoms with E-state index in [1.54, 1.807) is 36.4 Å². The molecule has 158 valence electrons. The number of nitriles is 1. The third-order valence-corrected chi connectivity index (χ3v) is 6.21. The number of hydrogen-bond acceptors (Lipinski definition) is 5. The van der Waals surface area contributed by atoms with Crippen LogP contribution in [0.15, 0.2) is 82.6 Å². The summed E-state index contributed by atoms with van der Waals surface area (Å²) in [5.74, 6) is 1.03. The highest BCUT2D eigenvalue weighted by atomic mass is 32.2. The first-order chi connectivity index (χ1) is 14.9. The molecule has 0 bridgehead atoms. The van der Waals surface area contributed by atoms with Crippen LogP contribution in [-0.4, -0.2) is 15.0 Å². The fourth-order valence-corrected chi connectivity index (χ4v) is 4.08. The molecular weight excluding hydrogens is 410 g/mol. The average Bonchev–Trinajstić information content (AvgIpc) is 2.78. The fourth-order valence-electron chi connectivity index (χ4n) is 2.90. The van der Waals surface area contributed by atoms with Gasteiger partial charge in [-0.25, -0.2) is 8.42 Å². The zero-order valence-corrected chi connectivity index (χ0v) is 18.2. The lowest BCUT2D eigenvalue weighted by Crippen LogP contribution is -2.03. The summed E-state index contributed by atoms with van der Waals surface area (Å²) in [5.41, 5.74) is 2.73. The van der Waals surface area contributed by atoms with Gasteiger partial charge in [-0.15, -0.1) is 0 Å². The average molecular weight is 434 g/mol. The maximum atomic E-state index is 12.8. The van der Waals surface area contributed by atoms with Crippen LogP contribution < -0.4 is 9.47 Å². The lowest BCUT2D eigenvalue weighted by Gasteiger charge is -2.13. The molecule has 0 aliphatic carbocycles. The van der Waals surface area contributed by atoms with E-state index in [2.05, 4.69) is 0 Å². The second-order valence-electron chi connectivity index (χ2n) is 6.85. The van der Waals surface area contributed by atoms with Crippen LogP contribution in [0.1, 0.15) is 23.6 Å². The van der Waals surface area contributed by atoms with Crippen molar-refractivity contribution in [1.29, 1.82) is 5.26 Å². The van der Waals surface area contributed by atoms with Gasteiger partial charge in [0.15, 0.2) is 11.5 Å². The van der Waals surface area contributed by atoms with Gasteiger partial charge in [0.05, 0.1) is 11.5 Å². The molecule has 0 aromatic heterocycles. The molecule has 0 unspecified atom stereocenters. The van der Waals surface area contributed by atoms with Crippen LogP contribution in [0.5, 0.6) is 11.5 Å². The minimum Gasteiger partial charge on any atom is -0.490 e. The van der Waals surface area contributed by atoms with Crippen LogP contribution in [0.25, 0.3) is 6.08 Å². The molecule has 0 heterocycles. The van der Waals surface area contributed by atoms with Crippen molar-refractivity contribution < 1.29 is 17.9 Å². The number of allylic oxidation sites excluding steroid dienone is 1. The number of aryl methyl sites for hydroxylation is 1. The van der Waals surface area contributed by atoms with Crippen molar-refractivity contribution in [2.75, 3.05) is 6.61 Å². The number of nitrogens with zero attached hydrogens (tertiary/aromatic N) is 1. The third kappa shape index (κ3) is 5.53. The van der Waals surface area contributed by atoms with Crippen LogP contribution in [0.2, 0.25) is 0 Å². The predicted molar refractivity (Wildman–Crippen MR) is 120 cm³/mol. The summed E-state index contributed by atoms with van der Waals surface area (Å²) >= 11 is 0. The van der Waals surface area contributed by atoms with Gasteiger partial charge in [-0.3, -0.25) is 0 Å². The fraction of sp³-hybridized carbons (Fsp3) is 0.160. The maximum Gasteiger partial charge on any atom is 0.216 e. The second-order valence-corrected chi connectivity index (χ2v) is 8.77. The van der Waals surface area contributed by atoms with Crippen molar-refractivity contribution in [3.63, 3.8) is 0 Å². The molecule has 0 saturated heterocycles. The van der Waals surface area contributed by atoms with E-state index in [0.29, 0.717) is 30.3 Å². The Hall–Kier alpha value is -3.56. The van der Waals surface area contributed by atoms with Crippen molar-refractivity contribution in [1.82, 2.24) is 0 Å². The predicted octanol–water partition coefficient (Wildman–Crippen LogP) is 5.31. The molecule has 6 heteroatoms. The van der Waals surface area contributed by atoms with Crippen molar-refractivity contribution in [2.45, 2.75) is 25.3 Å². The number of hydrogen-bond donors (Lipinski definition) is 0. The molecule has 0 aliphatic rings. The van der Waals surface area contributed by atoms with E-state index >= 15 is 0 Å². The lowest BCUT2D eigenvalue weighted by molar-refractivity contribution is 0.269. The van der Waals surface area contributed by atoms with Crippen molar-refractivity contribution in [2.24, 2.45) is 0 Å². The van der Waals surface area contributed by atoms with E-state index in [1.165, 1.54) is 23.8 Å². The first-order valence-electron chi connectivity index (χ1n) is 9.81. The molecule has 0 N–H and O–H groups in total. The molecule has 0 fully saturated rings. The monoisotopic (exact) mass is 433 g/mol. The summed E-state index contributed by atoms with van der Waals surface area (Å²) in [6.45, 7) is 4.67. The van der Waals surface area contributed by atoms with E-state index < -0.39 is 9.84 Å². The third-order valence-electron chi connectivity index (χ3n) is 4.53. The Bertz CT molecular complexity index is 1210. The maximum absolute atomic E-state index is 12.8. The smallest absolute Gasteiger partial charge is 0.216 e. The number of benzene rings is 3. The van der Waals surface area contributed by atoms with Crippen molar-refractivity contribution >= 4 is 15.9 Å². The Morgan fingerprint density at radius 2 is 1.68 bits per heavy atom. The molecule has 0 saturated carbocycles. The number of rotatable bonds is 8. The zero-order valence-electron chi connectivity index (χ0n) is 17.4. The summed E-state index contributed by atoms with van der Waals surface area (Å²) in [7, 11) is -3.91. The molecule has 0 radical (unpaired) electrons. The van der Waals surface area contributed by atoms with Gasteiger partial charge in [-0.2, -0.15) is 5.26 Å². The van der Waals surface area contributed by atoms with Gasteiger partial charge in [0.1, 0.15) is 17.6 Å². The van der Waals surface area contributed by atoms with Gasteiger partial charge in [0.25, 0.3) is 0 Å².